The maximum atomic E-state index is 12.5. The van der Waals surface area contributed by atoms with Crippen LogP contribution in [-0.4, -0.2) is 51.6 Å². The van der Waals surface area contributed by atoms with Crippen molar-refractivity contribution >= 4 is 23.3 Å². The van der Waals surface area contributed by atoms with Crippen LogP contribution in [0.15, 0.2) is 0 Å². The molecule has 110 valence electrons. The summed E-state index contributed by atoms with van der Waals surface area (Å²) in [6.07, 6.45) is 1.61. The van der Waals surface area contributed by atoms with Gasteiger partial charge < -0.3 is 15.4 Å². The van der Waals surface area contributed by atoms with Crippen LogP contribution in [0.2, 0.25) is 0 Å². The van der Waals surface area contributed by atoms with E-state index in [4.69, 9.17) is 10.5 Å². The topological polar surface area (TPSA) is 98.4 Å². The highest BCUT2D eigenvalue weighted by Crippen LogP contribution is 2.21. The highest BCUT2D eigenvalue weighted by atomic mass is 32.1. The van der Waals surface area contributed by atoms with Crippen molar-refractivity contribution in [3.8, 4) is 0 Å². The molecule has 1 aliphatic heterocycles. The Morgan fingerprint density at radius 1 is 1.55 bits per heavy atom. The number of aromatic nitrogens is 2. The molecule has 20 heavy (non-hydrogen) atoms. The van der Waals surface area contributed by atoms with Crippen LogP contribution in [0.4, 0.5) is 0 Å². The largest absolute Gasteiger partial charge is 0.367 e. The van der Waals surface area contributed by atoms with Crippen molar-refractivity contribution < 1.29 is 14.3 Å². The number of nitrogens with zero attached hydrogens (tertiary/aromatic N) is 3. The Labute approximate surface area is 121 Å². The van der Waals surface area contributed by atoms with Crippen molar-refractivity contribution in [1.82, 2.24) is 14.5 Å². The number of carbonyl (C=O) groups is 2. The minimum atomic E-state index is -1.13. The normalized spacial score (nSPS) is 22.8. The SMILES string of the molecule is CCCc1nnsc1C(=O)N1CCOC(C)(C(N)=O)C1. The van der Waals surface area contributed by atoms with Crippen LogP contribution >= 0.6 is 11.5 Å². The number of ether oxygens (including phenoxy) is 1. The summed E-state index contributed by atoms with van der Waals surface area (Å²) in [6, 6.07) is 0. The van der Waals surface area contributed by atoms with E-state index in [1.165, 1.54) is 0 Å². The number of nitrogens with two attached hydrogens (primary N) is 1. The number of morpholine rings is 1. The highest BCUT2D eigenvalue weighted by Gasteiger charge is 2.40. The smallest absolute Gasteiger partial charge is 0.267 e. The number of aryl methyl sites for hydroxylation is 1. The number of hydrogen-bond acceptors (Lipinski definition) is 6. The molecule has 0 radical (unpaired) electrons. The molecule has 0 bridgehead atoms. The molecule has 1 unspecified atom stereocenters. The van der Waals surface area contributed by atoms with E-state index in [1.54, 1.807) is 11.8 Å². The number of hydrogen-bond donors (Lipinski definition) is 1. The molecular formula is C12H18N4O3S. The zero-order chi connectivity index (χ0) is 14.8. The van der Waals surface area contributed by atoms with Gasteiger partial charge in [0, 0.05) is 6.54 Å². The molecule has 1 saturated heterocycles. The standard InChI is InChI=1S/C12H18N4O3S/c1-3-4-8-9(20-15-14-8)10(17)16-5-6-19-12(2,7-16)11(13)18/h3-7H2,1-2H3,(H2,13,18). The van der Waals surface area contributed by atoms with Crippen LogP contribution in [-0.2, 0) is 16.0 Å². The van der Waals surface area contributed by atoms with E-state index >= 15 is 0 Å². The Hall–Kier alpha value is -1.54. The molecule has 1 aromatic rings. The Morgan fingerprint density at radius 2 is 2.30 bits per heavy atom. The second-order valence-corrected chi connectivity index (χ2v) is 5.72. The Bertz CT molecular complexity index is 519. The third kappa shape index (κ3) is 2.80. The fraction of sp³-hybridized carbons (Fsp3) is 0.667. The molecule has 1 aromatic heterocycles. The molecule has 0 spiro atoms. The predicted octanol–water partition coefficient (Wildman–Crippen LogP) is 0.207. The average Bonchev–Trinajstić information content (AvgIpc) is 2.86. The predicted molar refractivity (Wildman–Crippen MR) is 73.4 cm³/mol. The van der Waals surface area contributed by atoms with E-state index in [9.17, 15) is 9.59 Å². The van der Waals surface area contributed by atoms with Gasteiger partial charge in [-0.3, -0.25) is 9.59 Å². The summed E-state index contributed by atoms with van der Waals surface area (Å²) >= 11 is 1.09. The second kappa shape index (κ2) is 5.84. The van der Waals surface area contributed by atoms with Gasteiger partial charge >= 0.3 is 0 Å². The van der Waals surface area contributed by atoms with Gasteiger partial charge in [0.25, 0.3) is 11.8 Å². The molecule has 2 rings (SSSR count). The maximum Gasteiger partial charge on any atom is 0.267 e. The lowest BCUT2D eigenvalue weighted by Gasteiger charge is -2.38. The van der Waals surface area contributed by atoms with Gasteiger partial charge in [-0.25, -0.2) is 0 Å². The van der Waals surface area contributed by atoms with E-state index in [2.05, 4.69) is 9.59 Å². The molecule has 0 saturated carbocycles. The average molecular weight is 298 g/mol. The molecule has 2 amide bonds. The molecule has 7 nitrogen and oxygen atoms in total. The molecule has 8 heteroatoms. The zero-order valence-electron chi connectivity index (χ0n) is 11.6. The minimum Gasteiger partial charge on any atom is -0.367 e. The summed E-state index contributed by atoms with van der Waals surface area (Å²) in [5.41, 5.74) is 4.93. The lowest BCUT2D eigenvalue weighted by molar-refractivity contribution is -0.150. The van der Waals surface area contributed by atoms with Crippen molar-refractivity contribution in [3.63, 3.8) is 0 Å². The number of rotatable bonds is 4. The number of carbonyl (C=O) groups excluding carboxylic acids is 2. The van der Waals surface area contributed by atoms with E-state index in [0.29, 0.717) is 18.0 Å². The van der Waals surface area contributed by atoms with Crippen LogP contribution in [0.1, 0.15) is 35.6 Å². The fourth-order valence-corrected chi connectivity index (χ4v) is 2.78. The summed E-state index contributed by atoms with van der Waals surface area (Å²) in [5.74, 6) is -0.717. The number of primary amides is 1. The first-order valence-corrected chi connectivity index (χ1v) is 7.29. The van der Waals surface area contributed by atoms with Gasteiger partial charge in [0.15, 0.2) is 5.60 Å². The first-order chi connectivity index (χ1) is 9.48. The van der Waals surface area contributed by atoms with Crippen LogP contribution in [0.3, 0.4) is 0 Å². The second-order valence-electron chi connectivity index (χ2n) is 4.97. The van der Waals surface area contributed by atoms with Crippen LogP contribution in [0, 0.1) is 0 Å². The molecular weight excluding hydrogens is 280 g/mol. The van der Waals surface area contributed by atoms with Crippen molar-refractivity contribution in [2.75, 3.05) is 19.7 Å². The van der Waals surface area contributed by atoms with Gasteiger partial charge in [0.05, 0.1) is 18.8 Å². The summed E-state index contributed by atoms with van der Waals surface area (Å²) in [5, 5.41) is 3.99. The Morgan fingerprint density at radius 3 is 2.95 bits per heavy atom. The van der Waals surface area contributed by atoms with Crippen molar-refractivity contribution in [2.45, 2.75) is 32.3 Å². The highest BCUT2D eigenvalue weighted by molar-refractivity contribution is 7.08. The first kappa shape index (κ1) is 14.9. The summed E-state index contributed by atoms with van der Waals surface area (Å²) in [6.45, 7) is 4.51. The van der Waals surface area contributed by atoms with E-state index < -0.39 is 11.5 Å². The van der Waals surface area contributed by atoms with Gasteiger partial charge in [-0.15, -0.1) is 5.10 Å². The Kier molecular flexibility index (Phi) is 4.34. The van der Waals surface area contributed by atoms with Gasteiger partial charge in [0.1, 0.15) is 4.88 Å². The van der Waals surface area contributed by atoms with Crippen LogP contribution in [0.25, 0.3) is 0 Å². The van der Waals surface area contributed by atoms with Gasteiger partial charge in [-0.05, 0) is 24.9 Å². The lowest BCUT2D eigenvalue weighted by atomic mass is 10.0. The lowest BCUT2D eigenvalue weighted by Crippen LogP contribution is -2.58. The number of amides is 2. The third-order valence-corrected chi connectivity index (χ3v) is 4.08. The van der Waals surface area contributed by atoms with E-state index in [0.717, 1.165) is 30.1 Å². The monoisotopic (exact) mass is 298 g/mol. The fourth-order valence-electron chi connectivity index (χ4n) is 2.11. The minimum absolute atomic E-state index is 0.153. The maximum absolute atomic E-state index is 12.5. The third-order valence-electron chi connectivity index (χ3n) is 3.32. The molecule has 1 fully saturated rings. The summed E-state index contributed by atoms with van der Waals surface area (Å²) in [4.78, 5) is 26.1. The van der Waals surface area contributed by atoms with Crippen LogP contribution in [0.5, 0.6) is 0 Å². The van der Waals surface area contributed by atoms with Gasteiger partial charge in [-0.2, -0.15) is 0 Å². The first-order valence-electron chi connectivity index (χ1n) is 6.52. The molecule has 2 heterocycles. The van der Waals surface area contributed by atoms with Gasteiger partial charge in [-0.1, -0.05) is 17.8 Å². The van der Waals surface area contributed by atoms with Crippen LogP contribution < -0.4 is 5.73 Å². The van der Waals surface area contributed by atoms with Crippen molar-refractivity contribution in [3.05, 3.63) is 10.6 Å². The van der Waals surface area contributed by atoms with Crippen molar-refractivity contribution in [2.24, 2.45) is 5.73 Å². The summed E-state index contributed by atoms with van der Waals surface area (Å²) < 4.78 is 9.26. The molecule has 0 aromatic carbocycles. The quantitative estimate of drug-likeness (QED) is 0.856. The van der Waals surface area contributed by atoms with E-state index in [-0.39, 0.29) is 12.5 Å². The van der Waals surface area contributed by atoms with E-state index in [1.807, 2.05) is 6.92 Å². The van der Waals surface area contributed by atoms with Gasteiger partial charge in [0.2, 0.25) is 0 Å². The zero-order valence-corrected chi connectivity index (χ0v) is 12.4. The molecule has 1 atom stereocenters. The van der Waals surface area contributed by atoms with Crippen molar-refractivity contribution in [1.29, 1.82) is 0 Å². The Balaban J connectivity index is 2.16. The summed E-state index contributed by atoms with van der Waals surface area (Å²) in [7, 11) is 0. The molecule has 2 N–H and O–H groups in total. The molecule has 1 aliphatic rings. The molecule has 0 aliphatic carbocycles.